The normalized spacial score (nSPS) is 15.3. The van der Waals surface area contributed by atoms with Crippen molar-refractivity contribution >= 4 is 34.1 Å². The van der Waals surface area contributed by atoms with Crippen molar-refractivity contribution < 1.29 is 8.42 Å². The minimum atomic E-state index is -3.35. The second-order valence-corrected chi connectivity index (χ2v) is 6.77. The van der Waals surface area contributed by atoms with E-state index >= 15 is 0 Å². The zero-order valence-corrected chi connectivity index (χ0v) is 13.5. The molecule has 0 amide bonds. The maximum atomic E-state index is 12.4. The van der Waals surface area contributed by atoms with Gasteiger partial charge in [0.25, 0.3) is 0 Å². The quantitative estimate of drug-likeness (QED) is 0.925. The number of anilines is 2. The van der Waals surface area contributed by atoms with Crippen LogP contribution in [0.15, 0.2) is 47.6 Å². The SMILES string of the molecule is Cl.O=S(=O)(c1ccc(Nc2ncccn2)cc1)N1CCCC1. The van der Waals surface area contributed by atoms with Crippen molar-refractivity contribution in [1.82, 2.24) is 14.3 Å². The van der Waals surface area contributed by atoms with Gasteiger partial charge < -0.3 is 5.32 Å². The van der Waals surface area contributed by atoms with E-state index in [0.29, 0.717) is 23.9 Å². The molecular weight excluding hydrogens is 324 g/mol. The number of nitrogens with one attached hydrogen (secondary N) is 1. The summed E-state index contributed by atoms with van der Waals surface area (Å²) in [5.41, 5.74) is 0.751. The number of nitrogens with zero attached hydrogens (tertiary/aromatic N) is 3. The number of rotatable bonds is 4. The van der Waals surface area contributed by atoms with Gasteiger partial charge in [0.1, 0.15) is 0 Å². The minimum Gasteiger partial charge on any atom is -0.324 e. The Morgan fingerprint density at radius 3 is 2.18 bits per heavy atom. The Labute approximate surface area is 136 Å². The van der Waals surface area contributed by atoms with E-state index in [0.717, 1.165) is 18.5 Å². The number of sulfonamides is 1. The van der Waals surface area contributed by atoms with Gasteiger partial charge >= 0.3 is 0 Å². The average Bonchev–Trinajstić information content (AvgIpc) is 3.04. The van der Waals surface area contributed by atoms with Crippen LogP contribution >= 0.6 is 12.4 Å². The smallest absolute Gasteiger partial charge is 0.243 e. The van der Waals surface area contributed by atoms with E-state index < -0.39 is 10.0 Å². The van der Waals surface area contributed by atoms with Crippen molar-refractivity contribution in [3.63, 3.8) is 0 Å². The molecule has 1 aliphatic rings. The van der Waals surface area contributed by atoms with Crippen molar-refractivity contribution in [3.05, 3.63) is 42.7 Å². The standard InChI is InChI=1S/C14H16N4O2S.ClH/c19-21(20,18-10-1-2-11-18)13-6-4-12(5-7-13)17-14-15-8-3-9-16-14;/h3-9H,1-2,10-11H2,(H,15,16,17);1H. The van der Waals surface area contributed by atoms with Gasteiger partial charge in [-0.05, 0) is 43.2 Å². The molecule has 1 aromatic carbocycles. The van der Waals surface area contributed by atoms with Gasteiger partial charge in [-0.3, -0.25) is 0 Å². The molecule has 1 fully saturated rings. The van der Waals surface area contributed by atoms with E-state index in [-0.39, 0.29) is 12.4 Å². The zero-order chi connectivity index (χ0) is 14.7. The molecule has 1 aromatic heterocycles. The minimum absolute atomic E-state index is 0. The first-order valence-corrected chi connectivity index (χ1v) is 8.24. The summed E-state index contributed by atoms with van der Waals surface area (Å²) in [7, 11) is -3.35. The predicted octanol–water partition coefficient (Wildman–Crippen LogP) is 2.43. The lowest BCUT2D eigenvalue weighted by molar-refractivity contribution is 0.477. The maximum Gasteiger partial charge on any atom is 0.243 e. The van der Waals surface area contributed by atoms with Gasteiger partial charge in [0.2, 0.25) is 16.0 Å². The fourth-order valence-electron chi connectivity index (χ4n) is 2.28. The Hall–Kier alpha value is -1.70. The summed E-state index contributed by atoms with van der Waals surface area (Å²) in [5, 5.41) is 3.02. The highest BCUT2D eigenvalue weighted by Gasteiger charge is 2.26. The number of aromatic nitrogens is 2. The fourth-order valence-corrected chi connectivity index (χ4v) is 3.80. The molecule has 0 radical (unpaired) electrons. The van der Waals surface area contributed by atoms with E-state index in [4.69, 9.17) is 0 Å². The highest BCUT2D eigenvalue weighted by atomic mass is 35.5. The molecule has 118 valence electrons. The Bertz CT molecular complexity index is 701. The molecule has 1 saturated heterocycles. The summed E-state index contributed by atoms with van der Waals surface area (Å²) in [6.45, 7) is 1.22. The Morgan fingerprint density at radius 2 is 1.59 bits per heavy atom. The van der Waals surface area contributed by atoms with Crippen LogP contribution in [0.3, 0.4) is 0 Å². The van der Waals surface area contributed by atoms with Crippen molar-refractivity contribution in [1.29, 1.82) is 0 Å². The van der Waals surface area contributed by atoms with Gasteiger partial charge in [0.15, 0.2) is 0 Å². The Kier molecular flexibility index (Phi) is 5.33. The largest absolute Gasteiger partial charge is 0.324 e. The summed E-state index contributed by atoms with van der Waals surface area (Å²) in [5.74, 6) is 0.479. The van der Waals surface area contributed by atoms with Gasteiger partial charge in [0, 0.05) is 31.2 Å². The van der Waals surface area contributed by atoms with Gasteiger partial charge in [-0.1, -0.05) is 0 Å². The van der Waals surface area contributed by atoms with Gasteiger partial charge in [-0.25, -0.2) is 18.4 Å². The van der Waals surface area contributed by atoms with Crippen LogP contribution in [0, 0.1) is 0 Å². The van der Waals surface area contributed by atoms with Crippen molar-refractivity contribution in [2.24, 2.45) is 0 Å². The number of hydrogen-bond donors (Lipinski definition) is 1. The van der Waals surface area contributed by atoms with Crippen LogP contribution < -0.4 is 5.32 Å². The highest BCUT2D eigenvalue weighted by Crippen LogP contribution is 2.22. The van der Waals surface area contributed by atoms with Gasteiger partial charge in [-0.15, -0.1) is 12.4 Å². The molecule has 0 atom stereocenters. The molecule has 1 N–H and O–H groups in total. The molecule has 0 spiro atoms. The lowest BCUT2D eigenvalue weighted by atomic mass is 10.3. The Morgan fingerprint density at radius 1 is 1.00 bits per heavy atom. The summed E-state index contributed by atoms with van der Waals surface area (Å²) in [6.07, 6.45) is 5.15. The van der Waals surface area contributed by atoms with Crippen LogP contribution in [0.4, 0.5) is 11.6 Å². The average molecular weight is 341 g/mol. The molecule has 2 aromatic rings. The van der Waals surface area contributed by atoms with E-state index in [9.17, 15) is 8.42 Å². The van der Waals surface area contributed by atoms with Crippen LogP contribution in [-0.4, -0.2) is 35.8 Å². The zero-order valence-electron chi connectivity index (χ0n) is 11.8. The monoisotopic (exact) mass is 340 g/mol. The fraction of sp³-hybridized carbons (Fsp3) is 0.286. The number of halogens is 1. The van der Waals surface area contributed by atoms with Gasteiger partial charge in [0.05, 0.1) is 4.90 Å². The maximum absolute atomic E-state index is 12.4. The van der Waals surface area contributed by atoms with E-state index in [1.54, 1.807) is 42.7 Å². The van der Waals surface area contributed by atoms with Crippen LogP contribution in [-0.2, 0) is 10.0 Å². The molecule has 2 heterocycles. The first-order valence-electron chi connectivity index (χ1n) is 6.80. The topological polar surface area (TPSA) is 75.2 Å². The molecule has 1 aliphatic heterocycles. The van der Waals surface area contributed by atoms with E-state index in [2.05, 4.69) is 15.3 Å². The third-order valence-electron chi connectivity index (χ3n) is 3.38. The van der Waals surface area contributed by atoms with Crippen molar-refractivity contribution in [2.45, 2.75) is 17.7 Å². The molecule has 22 heavy (non-hydrogen) atoms. The summed E-state index contributed by atoms with van der Waals surface area (Å²) in [6, 6.07) is 8.40. The predicted molar refractivity (Wildman–Crippen MR) is 87.0 cm³/mol. The molecule has 8 heteroatoms. The van der Waals surface area contributed by atoms with Crippen LogP contribution in [0.1, 0.15) is 12.8 Å². The van der Waals surface area contributed by atoms with E-state index in [1.807, 2.05) is 0 Å². The summed E-state index contributed by atoms with van der Waals surface area (Å²) < 4.78 is 26.3. The molecule has 0 bridgehead atoms. The number of benzene rings is 1. The van der Waals surface area contributed by atoms with Gasteiger partial charge in [-0.2, -0.15) is 4.31 Å². The lowest BCUT2D eigenvalue weighted by Crippen LogP contribution is -2.27. The second-order valence-electron chi connectivity index (χ2n) is 4.83. The Balaban J connectivity index is 0.00000176. The molecule has 0 saturated carbocycles. The highest BCUT2D eigenvalue weighted by molar-refractivity contribution is 7.89. The third kappa shape index (κ3) is 3.55. The molecule has 3 rings (SSSR count). The molecule has 0 aliphatic carbocycles. The first-order chi connectivity index (χ1) is 10.2. The number of hydrogen-bond acceptors (Lipinski definition) is 5. The van der Waals surface area contributed by atoms with Crippen molar-refractivity contribution in [3.8, 4) is 0 Å². The summed E-state index contributed by atoms with van der Waals surface area (Å²) >= 11 is 0. The third-order valence-corrected chi connectivity index (χ3v) is 5.29. The summed E-state index contributed by atoms with van der Waals surface area (Å²) in [4.78, 5) is 8.44. The molecule has 0 unspecified atom stereocenters. The first kappa shape index (κ1) is 16.7. The van der Waals surface area contributed by atoms with Crippen molar-refractivity contribution in [2.75, 3.05) is 18.4 Å². The van der Waals surface area contributed by atoms with E-state index in [1.165, 1.54) is 4.31 Å². The second kappa shape index (κ2) is 7.04. The van der Waals surface area contributed by atoms with Crippen LogP contribution in [0.2, 0.25) is 0 Å². The molecule has 6 nitrogen and oxygen atoms in total. The molecular formula is C14H17ClN4O2S. The lowest BCUT2D eigenvalue weighted by Gasteiger charge is -2.15. The van der Waals surface area contributed by atoms with Crippen LogP contribution in [0.25, 0.3) is 0 Å². The van der Waals surface area contributed by atoms with Crippen LogP contribution in [0.5, 0.6) is 0 Å².